The summed E-state index contributed by atoms with van der Waals surface area (Å²) < 4.78 is 14.9. The van der Waals surface area contributed by atoms with Crippen molar-refractivity contribution in [2.75, 3.05) is 11.9 Å². The Morgan fingerprint density at radius 2 is 1.73 bits per heavy atom. The van der Waals surface area contributed by atoms with Gasteiger partial charge in [-0.15, -0.1) is 0 Å². The third-order valence-electron chi connectivity index (χ3n) is 5.53. The lowest BCUT2D eigenvalue weighted by Gasteiger charge is -2.28. The van der Waals surface area contributed by atoms with Crippen molar-refractivity contribution in [2.45, 2.75) is 31.1 Å². The topological polar surface area (TPSA) is 88.9 Å². The van der Waals surface area contributed by atoms with E-state index < -0.39 is 5.41 Å². The van der Waals surface area contributed by atoms with Gasteiger partial charge in [-0.1, -0.05) is 25.0 Å². The van der Waals surface area contributed by atoms with Gasteiger partial charge in [0, 0.05) is 5.69 Å². The fraction of sp³-hybridized carbons (Fsp3) is 0.273. The summed E-state index contributed by atoms with van der Waals surface area (Å²) in [4.78, 5) is 29.2. The zero-order chi connectivity index (χ0) is 21.0. The standard InChI is InChI=1S/C22H22FN5O2/c23-17-5-3-16(4-6-17)22(11-1-2-12-22)21(30)25-13-20(29)27-18-7-9-19(10-8-18)28-15-24-14-26-28/h3-10,14-15H,1-2,11-13H2,(H,25,30)(H,27,29). The van der Waals surface area contributed by atoms with Crippen molar-refractivity contribution in [3.8, 4) is 5.69 Å². The van der Waals surface area contributed by atoms with E-state index >= 15 is 0 Å². The van der Waals surface area contributed by atoms with Gasteiger partial charge < -0.3 is 10.6 Å². The number of anilines is 1. The second-order valence-corrected chi connectivity index (χ2v) is 7.41. The van der Waals surface area contributed by atoms with Crippen molar-refractivity contribution >= 4 is 17.5 Å². The predicted octanol–water partition coefficient (Wildman–Crippen LogP) is 2.97. The lowest BCUT2D eigenvalue weighted by atomic mass is 9.78. The molecule has 0 atom stereocenters. The molecule has 8 heteroatoms. The average Bonchev–Trinajstić information content (AvgIpc) is 3.46. The maximum atomic E-state index is 13.3. The van der Waals surface area contributed by atoms with E-state index in [0.29, 0.717) is 18.5 Å². The minimum Gasteiger partial charge on any atom is -0.346 e. The Kier molecular flexibility index (Phi) is 5.56. The van der Waals surface area contributed by atoms with E-state index in [4.69, 9.17) is 0 Å². The maximum absolute atomic E-state index is 13.3. The van der Waals surface area contributed by atoms with Crippen LogP contribution in [0.1, 0.15) is 31.2 Å². The summed E-state index contributed by atoms with van der Waals surface area (Å²) >= 11 is 0. The van der Waals surface area contributed by atoms with Crippen molar-refractivity contribution in [3.63, 3.8) is 0 Å². The highest BCUT2D eigenvalue weighted by molar-refractivity contribution is 5.96. The normalized spacial score (nSPS) is 15.0. The number of rotatable bonds is 6. The zero-order valence-corrected chi connectivity index (χ0v) is 16.3. The molecule has 4 rings (SSSR count). The summed E-state index contributed by atoms with van der Waals surface area (Å²) in [6, 6.07) is 13.2. The molecule has 1 saturated carbocycles. The number of benzene rings is 2. The third-order valence-corrected chi connectivity index (χ3v) is 5.53. The molecule has 30 heavy (non-hydrogen) atoms. The molecule has 1 heterocycles. The first-order valence-electron chi connectivity index (χ1n) is 9.86. The minimum atomic E-state index is -0.701. The molecule has 0 saturated heterocycles. The number of amides is 2. The molecular formula is C22H22FN5O2. The number of carbonyl (C=O) groups excluding carboxylic acids is 2. The van der Waals surface area contributed by atoms with Crippen LogP contribution in [0.15, 0.2) is 61.2 Å². The van der Waals surface area contributed by atoms with Crippen LogP contribution in [0.2, 0.25) is 0 Å². The number of nitrogens with one attached hydrogen (secondary N) is 2. The Labute approximate surface area is 173 Å². The van der Waals surface area contributed by atoms with Gasteiger partial charge in [0.2, 0.25) is 11.8 Å². The first kappa shape index (κ1) is 19.8. The molecule has 154 valence electrons. The van der Waals surface area contributed by atoms with Gasteiger partial charge in [-0.3, -0.25) is 9.59 Å². The molecule has 1 aliphatic carbocycles. The summed E-state index contributed by atoms with van der Waals surface area (Å²) in [6.07, 6.45) is 6.26. The van der Waals surface area contributed by atoms with E-state index in [2.05, 4.69) is 20.7 Å². The molecule has 1 aliphatic rings. The quantitative estimate of drug-likeness (QED) is 0.658. The lowest BCUT2D eigenvalue weighted by Crippen LogP contribution is -2.45. The summed E-state index contributed by atoms with van der Waals surface area (Å²) in [7, 11) is 0. The highest BCUT2D eigenvalue weighted by atomic mass is 19.1. The second kappa shape index (κ2) is 8.44. The van der Waals surface area contributed by atoms with E-state index in [1.165, 1.54) is 18.5 Å². The number of nitrogens with zero attached hydrogens (tertiary/aromatic N) is 3. The van der Waals surface area contributed by atoms with E-state index in [-0.39, 0.29) is 24.2 Å². The Bertz CT molecular complexity index is 1010. The van der Waals surface area contributed by atoms with Gasteiger partial charge in [0.25, 0.3) is 0 Å². The Morgan fingerprint density at radius 1 is 1.03 bits per heavy atom. The molecule has 0 radical (unpaired) electrons. The second-order valence-electron chi connectivity index (χ2n) is 7.41. The number of hydrogen-bond donors (Lipinski definition) is 2. The molecule has 1 aromatic heterocycles. The van der Waals surface area contributed by atoms with E-state index in [1.54, 1.807) is 35.3 Å². The summed E-state index contributed by atoms with van der Waals surface area (Å²) in [5.41, 5.74) is 1.53. The van der Waals surface area contributed by atoms with Gasteiger partial charge >= 0.3 is 0 Å². The summed E-state index contributed by atoms with van der Waals surface area (Å²) in [5, 5.41) is 9.59. The van der Waals surface area contributed by atoms with Crippen molar-refractivity contribution < 1.29 is 14.0 Å². The number of carbonyl (C=O) groups is 2. The van der Waals surface area contributed by atoms with Crippen LogP contribution in [0, 0.1) is 5.82 Å². The molecule has 2 N–H and O–H groups in total. The highest BCUT2D eigenvalue weighted by Gasteiger charge is 2.42. The first-order chi connectivity index (χ1) is 14.6. The summed E-state index contributed by atoms with van der Waals surface area (Å²) in [5.74, 6) is -0.839. The minimum absolute atomic E-state index is 0.132. The van der Waals surface area contributed by atoms with Crippen LogP contribution >= 0.6 is 0 Å². The van der Waals surface area contributed by atoms with Crippen molar-refractivity contribution in [1.82, 2.24) is 20.1 Å². The van der Waals surface area contributed by atoms with Gasteiger partial charge in [0.15, 0.2) is 0 Å². The molecule has 0 bridgehead atoms. The molecule has 0 spiro atoms. The molecule has 3 aromatic rings. The van der Waals surface area contributed by atoms with Crippen molar-refractivity contribution in [2.24, 2.45) is 0 Å². The number of hydrogen-bond acceptors (Lipinski definition) is 4. The van der Waals surface area contributed by atoms with Crippen molar-refractivity contribution in [3.05, 3.63) is 72.6 Å². The Hall–Kier alpha value is -3.55. The van der Waals surface area contributed by atoms with Crippen LogP contribution in [0.25, 0.3) is 5.69 Å². The molecule has 7 nitrogen and oxygen atoms in total. The van der Waals surface area contributed by atoms with Gasteiger partial charge in [-0.2, -0.15) is 5.10 Å². The van der Waals surface area contributed by atoms with Crippen LogP contribution in [-0.4, -0.2) is 33.1 Å². The van der Waals surface area contributed by atoms with Gasteiger partial charge in [0.1, 0.15) is 18.5 Å². The van der Waals surface area contributed by atoms with E-state index in [9.17, 15) is 14.0 Å². The largest absolute Gasteiger partial charge is 0.346 e. The van der Waals surface area contributed by atoms with Crippen LogP contribution in [0.4, 0.5) is 10.1 Å². The van der Waals surface area contributed by atoms with Gasteiger partial charge in [0.05, 0.1) is 17.6 Å². The first-order valence-corrected chi connectivity index (χ1v) is 9.86. The smallest absolute Gasteiger partial charge is 0.243 e. The van der Waals surface area contributed by atoms with Crippen LogP contribution in [0.3, 0.4) is 0 Å². The summed E-state index contributed by atoms with van der Waals surface area (Å²) in [6.45, 7) is -0.132. The molecule has 0 unspecified atom stereocenters. The van der Waals surface area contributed by atoms with E-state index in [0.717, 1.165) is 24.1 Å². The van der Waals surface area contributed by atoms with Crippen LogP contribution < -0.4 is 10.6 Å². The Balaban J connectivity index is 1.37. The fourth-order valence-electron chi connectivity index (χ4n) is 3.97. The molecule has 2 aromatic carbocycles. The SMILES string of the molecule is O=C(CNC(=O)C1(c2ccc(F)cc2)CCCC1)Nc1ccc(-n2cncn2)cc1. The average molecular weight is 407 g/mol. The van der Waals surface area contributed by atoms with Crippen LogP contribution in [0.5, 0.6) is 0 Å². The Morgan fingerprint density at radius 3 is 2.37 bits per heavy atom. The predicted molar refractivity (Wildman–Crippen MR) is 110 cm³/mol. The van der Waals surface area contributed by atoms with E-state index in [1.807, 2.05) is 12.1 Å². The third kappa shape index (κ3) is 4.07. The number of halogens is 1. The lowest BCUT2D eigenvalue weighted by molar-refractivity contribution is -0.128. The van der Waals surface area contributed by atoms with Gasteiger partial charge in [-0.05, 0) is 54.8 Å². The zero-order valence-electron chi connectivity index (χ0n) is 16.3. The van der Waals surface area contributed by atoms with Gasteiger partial charge in [-0.25, -0.2) is 14.1 Å². The van der Waals surface area contributed by atoms with Crippen molar-refractivity contribution in [1.29, 1.82) is 0 Å². The highest BCUT2D eigenvalue weighted by Crippen LogP contribution is 2.41. The van der Waals surface area contributed by atoms with Crippen LogP contribution in [-0.2, 0) is 15.0 Å². The molecular weight excluding hydrogens is 385 g/mol. The molecule has 2 amide bonds. The number of aromatic nitrogens is 3. The molecule has 1 fully saturated rings. The maximum Gasteiger partial charge on any atom is 0.243 e. The monoisotopic (exact) mass is 407 g/mol. The molecule has 0 aliphatic heterocycles. The fourth-order valence-corrected chi connectivity index (χ4v) is 3.97.